The molecule has 4 nitrogen and oxygen atoms in total. The highest BCUT2D eigenvalue weighted by atomic mass is 35.5. The molecule has 0 radical (unpaired) electrons. The van der Waals surface area contributed by atoms with Gasteiger partial charge in [-0.2, -0.15) is 11.8 Å². The quantitative estimate of drug-likeness (QED) is 0.753. The number of rotatable bonds is 7. The van der Waals surface area contributed by atoms with Crippen LogP contribution in [0.1, 0.15) is 5.56 Å². The molecule has 0 atom stereocenters. The zero-order chi connectivity index (χ0) is 13.6. The van der Waals surface area contributed by atoms with Gasteiger partial charge in [0.05, 0.1) is 4.90 Å². The van der Waals surface area contributed by atoms with E-state index in [1.807, 2.05) is 13.3 Å². The van der Waals surface area contributed by atoms with E-state index in [1.54, 1.807) is 23.9 Å². The zero-order valence-electron chi connectivity index (χ0n) is 10.4. The van der Waals surface area contributed by atoms with Gasteiger partial charge in [-0.05, 0) is 31.0 Å². The van der Waals surface area contributed by atoms with Gasteiger partial charge in [-0.1, -0.05) is 17.7 Å². The molecule has 0 saturated carbocycles. The molecule has 0 amide bonds. The Hall–Kier alpha value is -0.270. The molecule has 2 N–H and O–H groups in total. The smallest absolute Gasteiger partial charge is 0.240 e. The number of hydrogen-bond donors (Lipinski definition) is 2. The normalized spacial score (nSPS) is 11.7. The lowest BCUT2D eigenvalue weighted by molar-refractivity contribution is 0.584. The van der Waals surface area contributed by atoms with Crippen molar-refractivity contribution >= 4 is 33.4 Å². The molecule has 0 saturated heterocycles. The van der Waals surface area contributed by atoms with Crippen LogP contribution >= 0.6 is 23.4 Å². The highest BCUT2D eigenvalue weighted by Crippen LogP contribution is 2.20. The third-order valence-electron chi connectivity index (χ3n) is 2.30. The summed E-state index contributed by atoms with van der Waals surface area (Å²) in [5, 5.41) is 3.43. The molecule has 0 aliphatic carbocycles. The van der Waals surface area contributed by atoms with Crippen LogP contribution in [0.15, 0.2) is 23.1 Å². The van der Waals surface area contributed by atoms with Crippen LogP contribution in [0.3, 0.4) is 0 Å². The lowest BCUT2D eigenvalue weighted by atomic mass is 10.2. The Morgan fingerprint density at radius 3 is 2.67 bits per heavy atom. The van der Waals surface area contributed by atoms with Crippen molar-refractivity contribution in [1.29, 1.82) is 0 Å². The molecule has 1 aromatic carbocycles. The molecule has 18 heavy (non-hydrogen) atoms. The Balaban J connectivity index is 2.86. The summed E-state index contributed by atoms with van der Waals surface area (Å²) in [7, 11) is -1.64. The first-order chi connectivity index (χ1) is 8.51. The van der Waals surface area contributed by atoms with Gasteiger partial charge in [0.15, 0.2) is 0 Å². The summed E-state index contributed by atoms with van der Waals surface area (Å²) in [5.41, 5.74) is 0.877. The SMILES string of the molecule is CNCc1ccc(S(=O)(=O)NCCSC)cc1Cl. The second-order valence-corrected chi connectivity index (χ2v) is 6.83. The molecule has 0 spiro atoms. The molecule has 0 unspecified atom stereocenters. The first-order valence-corrected chi connectivity index (χ1v) is 8.68. The van der Waals surface area contributed by atoms with Crippen molar-refractivity contribution in [2.75, 3.05) is 25.6 Å². The van der Waals surface area contributed by atoms with Crippen LogP contribution in [-0.2, 0) is 16.6 Å². The molecule has 0 aromatic heterocycles. The average Bonchev–Trinajstić information content (AvgIpc) is 2.32. The third-order valence-corrected chi connectivity index (χ3v) is 4.72. The molecule has 7 heteroatoms. The van der Waals surface area contributed by atoms with Crippen LogP contribution < -0.4 is 10.0 Å². The number of sulfonamides is 1. The lowest BCUT2D eigenvalue weighted by Crippen LogP contribution is -2.26. The van der Waals surface area contributed by atoms with Gasteiger partial charge in [-0.15, -0.1) is 0 Å². The molecule has 0 aliphatic rings. The Morgan fingerprint density at radius 2 is 2.11 bits per heavy atom. The molecular formula is C11H17ClN2O2S2. The van der Waals surface area contributed by atoms with Gasteiger partial charge >= 0.3 is 0 Å². The van der Waals surface area contributed by atoms with Gasteiger partial charge in [0.2, 0.25) is 10.0 Å². The topological polar surface area (TPSA) is 58.2 Å². The summed E-state index contributed by atoms with van der Waals surface area (Å²) in [6, 6.07) is 4.78. The first kappa shape index (κ1) is 15.8. The minimum absolute atomic E-state index is 0.202. The molecule has 0 fully saturated rings. The van der Waals surface area contributed by atoms with Crippen molar-refractivity contribution in [3.05, 3.63) is 28.8 Å². The fraction of sp³-hybridized carbons (Fsp3) is 0.455. The second-order valence-electron chi connectivity index (χ2n) is 3.67. The standard InChI is InChI=1S/C11H17ClN2O2S2/c1-13-8-9-3-4-10(7-11(9)12)18(15,16)14-5-6-17-2/h3-4,7,13-14H,5-6,8H2,1-2H3. The summed E-state index contributed by atoms with van der Waals surface area (Å²) in [6.45, 7) is 1.03. The summed E-state index contributed by atoms with van der Waals surface area (Å²) in [6.07, 6.45) is 1.93. The van der Waals surface area contributed by atoms with Gasteiger partial charge < -0.3 is 5.32 Å². The highest BCUT2D eigenvalue weighted by Gasteiger charge is 2.14. The van der Waals surface area contributed by atoms with Gasteiger partial charge in [0.1, 0.15) is 0 Å². The molecule has 0 bridgehead atoms. The van der Waals surface area contributed by atoms with Crippen LogP contribution in [0.2, 0.25) is 5.02 Å². The molecule has 1 rings (SSSR count). The predicted octanol–water partition coefficient (Wildman–Crippen LogP) is 1.70. The van der Waals surface area contributed by atoms with E-state index in [0.717, 1.165) is 11.3 Å². The van der Waals surface area contributed by atoms with E-state index in [2.05, 4.69) is 10.0 Å². The fourth-order valence-electron chi connectivity index (χ4n) is 1.39. The van der Waals surface area contributed by atoms with Crippen LogP contribution in [0, 0.1) is 0 Å². The van der Waals surface area contributed by atoms with Crippen LogP contribution in [0.25, 0.3) is 0 Å². The monoisotopic (exact) mass is 308 g/mol. The van der Waals surface area contributed by atoms with E-state index in [1.165, 1.54) is 6.07 Å². The molecule has 0 aliphatic heterocycles. The Kier molecular flexibility index (Phi) is 6.45. The molecular weight excluding hydrogens is 292 g/mol. The zero-order valence-corrected chi connectivity index (χ0v) is 12.8. The van der Waals surface area contributed by atoms with Crippen molar-refractivity contribution in [2.45, 2.75) is 11.4 Å². The number of thioether (sulfide) groups is 1. The second kappa shape index (κ2) is 7.35. The summed E-state index contributed by atoms with van der Waals surface area (Å²) < 4.78 is 26.4. The Morgan fingerprint density at radius 1 is 1.39 bits per heavy atom. The Labute approximate surface area is 118 Å². The van der Waals surface area contributed by atoms with Crippen molar-refractivity contribution in [3.8, 4) is 0 Å². The summed E-state index contributed by atoms with van der Waals surface area (Å²) in [5.74, 6) is 0.741. The van der Waals surface area contributed by atoms with Crippen molar-refractivity contribution in [1.82, 2.24) is 10.0 Å². The van der Waals surface area contributed by atoms with E-state index in [-0.39, 0.29) is 4.90 Å². The number of nitrogens with one attached hydrogen (secondary N) is 2. The van der Waals surface area contributed by atoms with Crippen molar-refractivity contribution < 1.29 is 8.42 Å². The number of benzene rings is 1. The molecule has 102 valence electrons. The van der Waals surface area contributed by atoms with Gasteiger partial charge in [-0.3, -0.25) is 0 Å². The third kappa shape index (κ3) is 4.44. The number of halogens is 1. The van der Waals surface area contributed by atoms with Crippen molar-refractivity contribution in [2.24, 2.45) is 0 Å². The maximum absolute atomic E-state index is 11.9. The van der Waals surface area contributed by atoms with E-state index < -0.39 is 10.0 Å². The lowest BCUT2D eigenvalue weighted by Gasteiger charge is -2.09. The van der Waals surface area contributed by atoms with Crippen molar-refractivity contribution in [3.63, 3.8) is 0 Å². The van der Waals surface area contributed by atoms with Crippen LogP contribution in [0.4, 0.5) is 0 Å². The summed E-state index contributed by atoms with van der Waals surface area (Å²) in [4.78, 5) is 0.202. The fourth-order valence-corrected chi connectivity index (χ4v) is 3.20. The minimum atomic E-state index is -3.45. The van der Waals surface area contributed by atoms with Gasteiger partial charge in [0.25, 0.3) is 0 Å². The van der Waals surface area contributed by atoms with E-state index >= 15 is 0 Å². The largest absolute Gasteiger partial charge is 0.316 e. The van der Waals surface area contributed by atoms with Gasteiger partial charge in [-0.25, -0.2) is 13.1 Å². The van der Waals surface area contributed by atoms with E-state index in [0.29, 0.717) is 18.1 Å². The highest BCUT2D eigenvalue weighted by molar-refractivity contribution is 7.98. The van der Waals surface area contributed by atoms with Crippen LogP contribution in [-0.4, -0.2) is 34.0 Å². The molecule has 0 heterocycles. The van der Waals surface area contributed by atoms with Crippen LogP contribution in [0.5, 0.6) is 0 Å². The number of hydrogen-bond acceptors (Lipinski definition) is 4. The van der Waals surface area contributed by atoms with E-state index in [9.17, 15) is 8.42 Å². The average molecular weight is 309 g/mol. The first-order valence-electron chi connectivity index (χ1n) is 5.43. The van der Waals surface area contributed by atoms with E-state index in [4.69, 9.17) is 11.6 Å². The maximum Gasteiger partial charge on any atom is 0.240 e. The Bertz CT molecular complexity index is 492. The van der Waals surface area contributed by atoms with Gasteiger partial charge in [0, 0.05) is 23.9 Å². The summed E-state index contributed by atoms with van der Waals surface area (Å²) >= 11 is 7.63. The maximum atomic E-state index is 11.9. The molecule has 1 aromatic rings. The predicted molar refractivity (Wildman–Crippen MR) is 77.8 cm³/mol. The minimum Gasteiger partial charge on any atom is -0.316 e.